The Bertz CT molecular complexity index is 1350. The lowest BCUT2D eigenvalue weighted by Gasteiger charge is -2.11. The Morgan fingerprint density at radius 1 is 1.06 bits per heavy atom. The number of hydrogen-bond donors (Lipinski definition) is 2. The highest BCUT2D eigenvalue weighted by Crippen LogP contribution is 2.28. The molecular formula is C24H20ClN5O4S. The standard InChI is InChI=1S/C24H20ClN5O4S/c25-18-8-6-17(7-9-18)14-29-22(12-16-4-2-1-3-5-16)27-28-24(29)35-15-23(32)26-20-11-10-19(30(33)34)13-21(20)31/h1-11,13,31H,12,14-15H2,(H,26,32). The van der Waals surface area contributed by atoms with Crippen LogP contribution in [-0.4, -0.2) is 36.5 Å². The Balaban J connectivity index is 1.49. The van der Waals surface area contributed by atoms with Crippen molar-refractivity contribution in [1.29, 1.82) is 0 Å². The number of nitrogens with one attached hydrogen (secondary N) is 1. The zero-order valence-electron chi connectivity index (χ0n) is 18.3. The largest absolute Gasteiger partial charge is 0.506 e. The number of rotatable bonds is 9. The van der Waals surface area contributed by atoms with E-state index in [1.54, 1.807) is 0 Å². The van der Waals surface area contributed by atoms with Gasteiger partial charge >= 0.3 is 0 Å². The molecule has 0 saturated carbocycles. The molecule has 1 aromatic heterocycles. The second kappa shape index (κ2) is 11.0. The van der Waals surface area contributed by atoms with E-state index < -0.39 is 10.8 Å². The first kappa shape index (κ1) is 24.2. The van der Waals surface area contributed by atoms with E-state index in [0.717, 1.165) is 23.0 Å². The first-order valence-corrected chi connectivity index (χ1v) is 11.9. The second-order valence-electron chi connectivity index (χ2n) is 7.57. The molecule has 11 heteroatoms. The molecule has 0 saturated heterocycles. The molecule has 3 aromatic carbocycles. The van der Waals surface area contributed by atoms with Gasteiger partial charge in [0.05, 0.1) is 29.0 Å². The number of thioether (sulfide) groups is 1. The number of aromatic nitrogens is 3. The Morgan fingerprint density at radius 2 is 1.80 bits per heavy atom. The molecule has 0 fully saturated rings. The predicted octanol–water partition coefficient (Wildman–Crippen LogP) is 4.92. The van der Waals surface area contributed by atoms with Crippen molar-refractivity contribution in [1.82, 2.24) is 14.8 Å². The summed E-state index contributed by atoms with van der Waals surface area (Å²) in [5, 5.41) is 33.2. The molecular weight excluding hydrogens is 490 g/mol. The summed E-state index contributed by atoms with van der Waals surface area (Å²) >= 11 is 7.22. The maximum atomic E-state index is 12.5. The van der Waals surface area contributed by atoms with Crippen molar-refractivity contribution in [3.8, 4) is 5.75 Å². The number of aromatic hydroxyl groups is 1. The van der Waals surface area contributed by atoms with E-state index in [1.807, 2.05) is 59.2 Å². The molecule has 0 aliphatic rings. The minimum absolute atomic E-state index is 0.000512. The third-order valence-electron chi connectivity index (χ3n) is 5.05. The molecule has 0 spiro atoms. The molecule has 0 unspecified atom stereocenters. The number of phenolic OH excluding ortho intramolecular Hbond substituents is 1. The van der Waals surface area contributed by atoms with Crippen molar-refractivity contribution < 1.29 is 14.8 Å². The summed E-state index contributed by atoms with van der Waals surface area (Å²) < 4.78 is 1.96. The lowest BCUT2D eigenvalue weighted by Crippen LogP contribution is -2.15. The maximum absolute atomic E-state index is 12.5. The van der Waals surface area contributed by atoms with Crippen molar-refractivity contribution >= 4 is 40.6 Å². The third-order valence-corrected chi connectivity index (χ3v) is 6.27. The Morgan fingerprint density at radius 3 is 2.49 bits per heavy atom. The number of halogens is 1. The van der Waals surface area contributed by atoms with Gasteiger partial charge in [0.2, 0.25) is 5.91 Å². The third kappa shape index (κ3) is 6.37. The normalized spacial score (nSPS) is 10.8. The molecule has 0 bridgehead atoms. The molecule has 4 rings (SSSR count). The van der Waals surface area contributed by atoms with Crippen molar-refractivity contribution in [2.75, 3.05) is 11.1 Å². The molecule has 9 nitrogen and oxygen atoms in total. The Kier molecular flexibility index (Phi) is 7.64. The summed E-state index contributed by atoms with van der Waals surface area (Å²) in [6.07, 6.45) is 0.574. The van der Waals surface area contributed by atoms with Gasteiger partial charge < -0.3 is 15.0 Å². The predicted molar refractivity (Wildman–Crippen MR) is 134 cm³/mol. The molecule has 0 radical (unpaired) electrons. The van der Waals surface area contributed by atoms with Gasteiger partial charge in [0, 0.05) is 17.5 Å². The van der Waals surface area contributed by atoms with Crippen LogP contribution in [0, 0.1) is 10.1 Å². The number of phenols is 1. The van der Waals surface area contributed by atoms with Crippen molar-refractivity contribution in [2.24, 2.45) is 0 Å². The van der Waals surface area contributed by atoms with Gasteiger partial charge in [0.25, 0.3) is 5.69 Å². The molecule has 1 amide bonds. The smallest absolute Gasteiger partial charge is 0.273 e. The molecule has 0 atom stereocenters. The van der Waals surface area contributed by atoms with Crippen molar-refractivity contribution in [3.63, 3.8) is 0 Å². The minimum atomic E-state index is -0.623. The number of carbonyl (C=O) groups excluding carboxylic acids is 1. The summed E-state index contributed by atoms with van der Waals surface area (Å²) in [6, 6.07) is 20.9. The molecule has 0 aliphatic heterocycles. The fourth-order valence-electron chi connectivity index (χ4n) is 3.32. The fourth-order valence-corrected chi connectivity index (χ4v) is 4.20. The summed E-state index contributed by atoms with van der Waals surface area (Å²) in [5.74, 6) is -0.0268. The number of carbonyl (C=O) groups is 1. The summed E-state index contributed by atoms with van der Waals surface area (Å²) in [7, 11) is 0. The Labute approximate surface area is 209 Å². The first-order valence-electron chi connectivity index (χ1n) is 10.5. The number of anilines is 1. The van der Waals surface area contributed by atoms with Crippen LogP contribution in [0.4, 0.5) is 11.4 Å². The van der Waals surface area contributed by atoms with E-state index >= 15 is 0 Å². The number of nitrogens with zero attached hydrogens (tertiary/aromatic N) is 4. The zero-order valence-corrected chi connectivity index (χ0v) is 19.9. The number of amides is 1. The number of hydrogen-bond acceptors (Lipinski definition) is 7. The lowest BCUT2D eigenvalue weighted by atomic mass is 10.1. The average molecular weight is 510 g/mol. The topological polar surface area (TPSA) is 123 Å². The fraction of sp³-hybridized carbons (Fsp3) is 0.125. The molecule has 35 heavy (non-hydrogen) atoms. The first-order chi connectivity index (χ1) is 16.9. The van der Waals surface area contributed by atoms with Crippen molar-refractivity contribution in [3.05, 3.63) is 105 Å². The van der Waals surface area contributed by atoms with E-state index in [-0.39, 0.29) is 22.9 Å². The van der Waals surface area contributed by atoms with Gasteiger partial charge in [0.15, 0.2) is 5.16 Å². The second-order valence-corrected chi connectivity index (χ2v) is 8.95. The molecule has 4 aromatic rings. The summed E-state index contributed by atoms with van der Waals surface area (Å²) in [4.78, 5) is 22.7. The molecule has 2 N–H and O–H groups in total. The van der Waals surface area contributed by atoms with Gasteiger partial charge in [-0.2, -0.15) is 0 Å². The summed E-state index contributed by atoms with van der Waals surface area (Å²) in [6.45, 7) is 0.499. The van der Waals surface area contributed by atoms with Crippen LogP contribution in [-0.2, 0) is 17.8 Å². The minimum Gasteiger partial charge on any atom is -0.506 e. The van der Waals surface area contributed by atoms with Crippen LogP contribution in [0.1, 0.15) is 17.0 Å². The van der Waals surface area contributed by atoms with Crippen LogP contribution < -0.4 is 5.32 Å². The number of nitro groups is 1. The summed E-state index contributed by atoms with van der Waals surface area (Å²) in [5.41, 5.74) is 1.91. The molecule has 1 heterocycles. The van der Waals surface area contributed by atoms with Crippen LogP contribution in [0.5, 0.6) is 5.75 Å². The van der Waals surface area contributed by atoms with E-state index in [1.165, 1.54) is 23.9 Å². The van der Waals surface area contributed by atoms with Crippen LogP contribution in [0.25, 0.3) is 0 Å². The van der Waals surface area contributed by atoms with Crippen LogP contribution >= 0.6 is 23.4 Å². The van der Waals surface area contributed by atoms with Crippen molar-refractivity contribution in [2.45, 2.75) is 18.1 Å². The zero-order chi connectivity index (χ0) is 24.8. The maximum Gasteiger partial charge on any atom is 0.273 e. The van der Waals surface area contributed by atoms with Crippen LogP contribution in [0.15, 0.2) is 78.0 Å². The van der Waals surface area contributed by atoms with Gasteiger partial charge in [-0.25, -0.2) is 0 Å². The number of nitro benzene ring substituents is 1. The Hall–Kier alpha value is -3.89. The van der Waals surface area contributed by atoms with Gasteiger partial charge in [-0.15, -0.1) is 10.2 Å². The average Bonchev–Trinajstić information content (AvgIpc) is 3.21. The van der Waals surface area contributed by atoms with E-state index in [0.29, 0.717) is 23.1 Å². The van der Waals surface area contributed by atoms with Gasteiger partial charge in [-0.05, 0) is 29.3 Å². The van der Waals surface area contributed by atoms with Gasteiger partial charge in [-0.1, -0.05) is 65.8 Å². The monoisotopic (exact) mass is 509 g/mol. The number of non-ortho nitro benzene ring substituents is 1. The molecule has 178 valence electrons. The van der Waals surface area contributed by atoms with Gasteiger partial charge in [0.1, 0.15) is 11.6 Å². The van der Waals surface area contributed by atoms with Crippen LogP contribution in [0.2, 0.25) is 5.02 Å². The highest BCUT2D eigenvalue weighted by molar-refractivity contribution is 7.99. The number of benzene rings is 3. The lowest BCUT2D eigenvalue weighted by molar-refractivity contribution is -0.384. The van der Waals surface area contributed by atoms with E-state index in [2.05, 4.69) is 15.5 Å². The highest BCUT2D eigenvalue weighted by atomic mass is 35.5. The quantitative estimate of drug-likeness (QED) is 0.142. The van der Waals surface area contributed by atoms with E-state index in [4.69, 9.17) is 11.6 Å². The van der Waals surface area contributed by atoms with Gasteiger partial charge in [-0.3, -0.25) is 14.9 Å². The highest BCUT2D eigenvalue weighted by Gasteiger charge is 2.17. The molecule has 0 aliphatic carbocycles. The SMILES string of the molecule is O=C(CSc1nnc(Cc2ccccc2)n1Cc1ccc(Cl)cc1)Nc1ccc([N+](=O)[O-])cc1O. The van der Waals surface area contributed by atoms with E-state index in [9.17, 15) is 20.0 Å². The van der Waals surface area contributed by atoms with Crippen LogP contribution in [0.3, 0.4) is 0 Å².